The van der Waals surface area contributed by atoms with Crippen molar-refractivity contribution in [3.63, 3.8) is 0 Å². The molecule has 138 valence electrons. The average Bonchev–Trinajstić information content (AvgIpc) is 3.00. The van der Waals surface area contributed by atoms with E-state index in [4.69, 9.17) is 0 Å². The number of amides is 2. The van der Waals surface area contributed by atoms with Crippen molar-refractivity contribution >= 4 is 31.5 Å². The number of sulfone groups is 2. The number of carbonyl (C=O) groups excluding carboxylic acids is 2. The van der Waals surface area contributed by atoms with Gasteiger partial charge in [-0.1, -0.05) is 0 Å². The van der Waals surface area contributed by atoms with Gasteiger partial charge in [0.1, 0.15) is 0 Å². The van der Waals surface area contributed by atoms with Gasteiger partial charge in [0.05, 0.1) is 23.0 Å². The summed E-state index contributed by atoms with van der Waals surface area (Å²) in [6.07, 6.45) is 0.887. The Morgan fingerprint density at radius 2 is 1.46 bits per heavy atom. The first-order chi connectivity index (χ1) is 11.0. The third-order valence-corrected chi connectivity index (χ3v) is 8.27. The van der Waals surface area contributed by atoms with Gasteiger partial charge in [-0.2, -0.15) is 0 Å². The minimum absolute atomic E-state index is 0.0213. The van der Waals surface area contributed by atoms with Gasteiger partial charge in [0.25, 0.3) is 0 Å². The number of rotatable bonds is 5. The van der Waals surface area contributed by atoms with Gasteiger partial charge in [-0.15, -0.1) is 0 Å². The van der Waals surface area contributed by atoms with Crippen LogP contribution in [0.4, 0.5) is 0 Å². The van der Waals surface area contributed by atoms with E-state index < -0.39 is 19.7 Å². The zero-order chi connectivity index (χ0) is 18.1. The van der Waals surface area contributed by atoms with E-state index in [-0.39, 0.29) is 59.9 Å². The maximum Gasteiger partial charge on any atom is 0.224 e. The molecule has 2 atom stereocenters. The van der Waals surface area contributed by atoms with Gasteiger partial charge in [0.2, 0.25) is 11.8 Å². The predicted octanol–water partition coefficient (Wildman–Crippen LogP) is -0.942. The Hall–Kier alpha value is -1.16. The van der Waals surface area contributed by atoms with E-state index in [9.17, 15) is 26.4 Å². The third kappa shape index (κ3) is 4.69. The van der Waals surface area contributed by atoms with E-state index in [1.165, 1.54) is 16.7 Å². The van der Waals surface area contributed by atoms with Gasteiger partial charge < -0.3 is 9.80 Å². The lowest BCUT2D eigenvalue weighted by Crippen LogP contribution is -2.44. The molecule has 2 fully saturated rings. The van der Waals surface area contributed by atoms with Crippen molar-refractivity contribution < 1.29 is 26.4 Å². The predicted molar refractivity (Wildman–Crippen MR) is 88.9 cm³/mol. The van der Waals surface area contributed by atoms with E-state index in [0.29, 0.717) is 12.8 Å². The fourth-order valence-corrected chi connectivity index (χ4v) is 6.80. The van der Waals surface area contributed by atoms with Gasteiger partial charge in [0, 0.05) is 39.0 Å². The summed E-state index contributed by atoms with van der Waals surface area (Å²) >= 11 is 0. The molecule has 0 spiro atoms. The Labute approximate surface area is 143 Å². The van der Waals surface area contributed by atoms with Crippen molar-refractivity contribution in [2.75, 3.05) is 36.6 Å². The van der Waals surface area contributed by atoms with E-state index in [1.807, 2.05) is 0 Å². The minimum Gasteiger partial charge on any atom is -0.342 e. The molecule has 2 aliphatic heterocycles. The van der Waals surface area contributed by atoms with Crippen LogP contribution in [0.1, 0.15) is 26.2 Å². The van der Waals surface area contributed by atoms with Crippen LogP contribution in [0.2, 0.25) is 0 Å². The molecular weight excluding hydrogens is 356 g/mol. The molecule has 24 heavy (non-hydrogen) atoms. The van der Waals surface area contributed by atoms with Crippen molar-refractivity contribution in [2.24, 2.45) is 0 Å². The molecule has 8 nitrogen and oxygen atoms in total. The van der Waals surface area contributed by atoms with Crippen LogP contribution < -0.4 is 0 Å². The van der Waals surface area contributed by atoms with Crippen LogP contribution >= 0.6 is 0 Å². The van der Waals surface area contributed by atoms with Gasteiger partial charge in [-0.25, -0.2) is 16.8 Å². The van der Waals surface area contributed by atoms with Crippen LogP contribution in [0.5, 0.6) is 0 Å². The standard InChI is InChI=1S/C14H24N2O6S2/c1-11(17)16(13-5-8-24(21,22)10-13)6-3-14(18)15(2)12-4-7-23(19,20)9-12/h12-13H,3-10H2,1-2H3. The largest absolute Gasteiger partial charge is 0.342 e. The third-order valence-electron chi connectivity index (χ3n) is 4.77. The molecule has 0 saturated carbocycles. The summed E-state index contributed by atoms with van der Waals surface area (Å²) in [5, 5.41) is 0. The molecule has 2 rings (SSSR count). The van der Waals surface area contributed by atoms with Crippen LogP contribution in [0, 0.1) is 0 Å². The Balaban J connectivity index is 1.92. The highest BCUT2D eigenvalue weighted by atomic mass is 32.2. The number of nitrogens with zero attached hydrogens (tertiary/aromatic N) is 2. The first-order valence-electron chi connectivity index (χ1n) is 7.94. The second-order valence-corrected chi connectivity index (χ2v) is 11.0. The quantitative estimate of drug-likeness (QED) is 0.609. The van der Waals surface area contributed by atoms with Crippen LogP contribution in [0.3, 0.4) is 0 Å². The molecule has 0 N–H and O–H groups in total. The molecule has 2 saturated heterocycles. The molecule has 2 amide bonds. The molecule has 2 heterocycles. The summed E-state index contributed by atoms with van der Waals surface area (Å²) in [5.74, 6) is -0.409. The van der Waals surface area contributed by atoms with E-state index in [2.05, 4.69) is 0 Å². The van der Waals surface area contributed by atoms with Crippen LogP contribution in [0.25, 0.3) is 0 Å². The number of hydrogen-bond donors (Lipinski definition) is 0. The van der Waals surface area contributed by atoms with Crippen LogP contribution in [0.15, 0.2) is 0 Å². The molecule has 2 aliphatic rings. The maximum atomic E-state index is 12.3. The molecule has 0 bridgehead atoms. The number of hydrogen-bond acceptors (Lipinski definition) is 6. The first-order valence-corrected chi connectivity index (χ1v) is 11.6. The molecule has 2 unspecified atom stereocenters. The molecule has 0 aromatic heterocycles. The molecular formula is C14H24N2O6S2. The Bertz CT molecular complexity index is 716. The molecule has 0 radical (unpaired) electrons. The Morgan fingerprint density at radius 3 is 1.88 bits per heavy atom. The van der Waals surface area contributed by atoms with Gasteiger partial charge in [-0.3, -0.25) is 9.59 Å². The summed E-state index contributed by atoms with van der Waals surface area (Å²) < 4.78 is 46.2. The molecule has 0 aromatic rings. The molecule has 0 aromatic carbocycles. The summed E-state index contributed by atoms with van der Waals surface area (Å²) in [6.45, 7) is 1.51. The van der Waals surface area contributed by atoms with E-state index in [1.54, 1.807) is 7.05 Å². The van der Waals surface area contributed by atoms with Gasteiger partial charge in [0.15, 0.2) is 19.7 Å². The van der Waals surface area contributed by atoms with Crippen molar-refractivity contribution in [3.05, 3.63) is 0 Å². The number of carbonyl (C=O) groups is 2. The lowest BCUT2D eigenvalue weighted by atomic mass is 10.2. The molecule has 0 aliphatic carbocycles. The average molecular weight is 380 g/mol. The van der Waals surface area contributed by atoms with Crippen molar-refractivity contribution in [2.45, 2.75) is 38.3 Å². The second-order valence-electron chi connectivity index (χ2n) is 6.58. The maximum absolute atomic E-state index is 12.3. The smallest absolute Gasteiger partial charge is 0.224 e. The van der Waals surface area contributed by atoms with Crippen LogP contribution in [-0.2, 0) is 29.3 Å². The van der Waals surface area contributed by atoms with E-state index in [0.717, 1.165) is 0 Å². The van der Waals surface area contributed by atoms with Crippen molar-refractivity contribution in [1.82, 2.24) is 9.80 Å². The molecule has 10 heteroatoms. The highest BCUT2D eigenvalue weighted by Gasteiger charge is 2.35. The van der Waals surface area contributed by atoms with E-state index >= 15 is 0 Å². The minimum atomic E-state index is -3.11. The zero-order valence-corrected chi connectivity index (χ0v) is 15.6. The Kier molecular flexibility index (Phi) is 5.58. The normalized spacial score (nSPS) is 27.8. The van der Waals surface area contributed by atoms with Gasteiger partial charge in [-0.05, 0) is 12.8 Å². The summed E-state index contributed by atoms with van der Waals surface area (Å²) in [7, 11) is -4.61. The van der Waals surface area contributed by atoms with Crippen LogP contribution in [-0.4, -0.2) is 87.1 Å². The summed E-state index contributed by atoms with van der Waals surface area (Å²) in [5.41, 5.74) is 0. The second kappa shape index (κ2) is 6.99. The topological polar surface area (TPSA) is 109 Å². The summed E-state index contributed by atoms with van der Waals surface area (Å²) in [6, 6.07) is -0.697. The highest BCUT2D eigenvalue weighted by Crippen LogP contribution is 2.20. The highest BCUT2D eigenvalue weighted by molar-refractivity contribution is 7.91. The fourth-order valence-electron chi connectivity index (χ4n) is 3.30. The van der Waals surface area contributed by atoms with Crippen molar-refractivity contribution in [1.29, 1.82) is 0 Å². The SMILES string of the molecule is CC(=O)N(CCC(=O)N(C)C1CCS(=O)(=O)C1)C1CCS(=O)(=O)C1. The Morgan fingerprint density at radius 1 is 0.958 bits per heavy atom. The summed E-state index contributed by atoms with van der Waals surface area (Å²) in [4.78, 5) is 27.0. The lowest BCUT2D eigenvalue weighted by molar-refractivity contribution is -0.134. The van der Waals surface area contributed by atoms with Gasteiger partial charge >= 0.3 is 0 Å². The van der Waals surface area contributed by atoms with Crippen molar-refractivity contribution in [3.8, 4) is 0 Å². The monoisotopic (exact) mass is 380 g/mol. The fraction of sp³-hybridized carbons (Fsp3) is 0.857. The zero-order valence-electron chi connectivity index (χ0n) is 14.0. The first kappa shape index (κ1) is 19.2. The lowest BCUT2D eigenvalue weighted by Gasteiger charge is -2.29.